The van der Waals surface area contributed by atoms with Crippen LogP contribution in [0.4, 0.5) is 0 Å². The van der Waals surface area contributed by atoms with Gasteiger partial charge in [-0.2, -0.15) is 0 Å². The molecule has 0 bridgehead atoms. The van der Waals surface area contributed by atoms with Gasteiger partial charge < -0.3 is 19.0 Å². The summed E-state index contributed by atoms with van der Waals surface area (Å²) in [5, 5.41) is 11.1. The molecule has 1 unspecified atom stereocenters. The van der Waals surface area contributed by atoms with E-state index in [9.17, 15) is 5.11 Å². The van der Waals surface area contributed by atoms with Crippen LogP contribution in [0.5, 0.6) is 0 Å². The van der Waals surface area contributed by atoms with Gasteiger partial charge in [-0.3, -0.25) is 0 Å². The third-order valence-electron chi connectivity index (χ3n) is 6.60. The minimum absolute atomic E-state index is 0.0201. The second-order valence-electron chi connectivity index (χ2n) is 10.1. The molecule has 1 aliphatic rings. The van der Waals surface area contributed by atoms with Crippen molar-refractivity contribution in [1.29, 1.82) is 0 Å². The average Bonchev–Trinajstić information content (AvgIpc) is 2.72. The van der Waals surface area contributed by atoms with E-state index in [0.717, 1.165) is 17.5 Å². The summed E-state index contributed by atoms with van der Waals surface area (Å²) < 4.78 is 19.2. The van der Waals surface area contributed by atoms with E-state index in [-0.39, 0.29) is 23.4 Å². The van der Waals surface area contributed by atoms with Crippen molar-refractivity contribution in [3.63, 3.8) is 0 Å². The Kier molecular flexibility index (Phi) is 8.11. The third kappa shape index (κ3) is 6.74. The van der Waals surface area contributed by atoms with Crippen LogP contribution >= 0.6 is 0 Å². The van der Waals surface area contributed by atoms with Crippen molar-refractivity contribution in [3.05, 3.63) is 71.8 Å². The highest BCUT2D eigenvalue weighted by Crippen LogP contribution is 2.40. The van der Waals surface area contributed by atoms with Crippen molar-refractivity contribution in [2.75, 3.05) is 0 Å². The standard InChI is InChI=1S/C26H38O4Si/c1-26(2,3)31(4,5)30-22-16-23(27)25(29-19-21-14-10-7-11-15-21)24(17-22)28-18-20-12-8-6-9-13-20/h6-15,22-25,27H,16-19H2,1-5H3/t22?,23-,24-,25-/m1/s1. The molecule has 0 aliphatic heterocycles. The molecular weight excluding hydrogens is 404 g/mol. The van der Waals surface area contributed by atoms with Gasteiger partial charge in [0, 0.05) is 12.8 Å². The molecule has 3 rings (SSSR count). The summed E-state index contributed by atoms with van der Waals surface area (Å²) in [5.74, 6) is 0. The first-order valence-corrected chi connectivity index (χ1v) is 14.2. The fourth-order valence-corrected chi connectivity index (χ4v) is 5.14. The first kappa shape index (κ1) is 24.1. The topological polar surface area (TPSA) is 47.9 Å². The Morgan fingerprint density at radius 3 is 1.87 bits per heavy atom. The van der Waals surface area contributed by atoms with Gasteiger partial charge >= 0.3 is 0 Å². The van der Waals surface area contributed by atoms with E-state index in [0.29, 0.717) is 19.6 Å². The van der Waals surface area contributed by atoms with E-state index in [1.165, 1.54) is 0 Å². The maximum absolute atomic E-state index is 11.0. The summed E-state index contributed by atoms with van der Waals surface area (Å²) >= 11 is 0. The van der Waals surface area contributed by atoms with Crippen molar-refractivity contribution in [2.45, 2.75) is 89.4 Å². The molecule has 2 aromatic carbocycles. The summed E-state index contributed by atoms with van der Waals surface area (Å²) in [5.41, 5.74) is 2.21. The predicted molar refractivity (Wildman–Crippen MR) is 127 cm³/mol. The Labute approximate surface area is 188 Å². The van der Waals surface area contributed by atoms with Gasteiger partial charge in [-0.25, -0.2) is 0 Å². The molecule has 1 aliphatic carbocycles. The molecule has 4 atom stereocenters. The van der Waals surface area contributed by atoms with Crippen LogP contribution in [-0.4, -0.2) is 37.8 Å². The molecular formula is C26H38O4Si. The number of benzene rings is 2. The first-order valence-electron chi connectivity index (χ1n) is 11.3. The van der Waals surface area contributed by atoms with E-state index in [4.69, 9.17) is 13.9 Å². The van der Waals surface area contributed by atoms with Gasteiger partial charge in [0.15, 0.2) is 8.32 Å². The summed E-state index contributed by atoms with van der Waals surface area (Å²) in [6.07, 6.45) is 0.0828. The Hall–Kier alpha value is -1.50. The Bertz CT molecular complexity index is 788. The molecule has 5 heteroatoms. The third-order valence-corrected chi connectivity index (χ3v) is 11.1. The van der Waals surface area contributed by atoms with Crippen LogP contribution < -0.4 is 0 Å². The lowest BCUT2D eigenvalue weighted by molar-refractivity contribution is -0.169. The van der Waals surface area contributed by atoms with Crippen LogP contribution in [0.2, 0.25) is 18.1 Å². The number of ether oxygens (including phenoxy) is 2. The normalized spacial score (nSPS) is 24.8. The summed E-state index contributed by atoms with van der Waals surface area (Å²) in [7, 11) is -1.94. The smallest absolute Gasteiger partial charge is 0.192 e. The van der Waals surface area contributed by atoms with Crippen LogP contribution in [0, 0.1) is 0 Å². The minimum Gasteiger partial charge on any atom is -0.414 e. The van der Waals surface area contributed by atoms with E-state index in [1.807, 2.05) is 48.5 Å². The molecule has 1 N–H and O–H groups in total. The van der Waals surface area contributed by atoms with E-state index in [1.54, 1.807) is 0 Å². The first-order chi connectivity index (χ1) is 14.7. The van der Waals surface area contributed by atoms with Gasteiger partial charge in [0.25, 0.3) is 0 Å². The van der Waals surface area contributed by atoms with Gasteiger partial charge in [0.2, 0.25) is 0 Å². The van der Waals surface area contributed by atoms with Gasteiger partial charge in [0.05, 0.1) is 31.5 Å². The summed E-state index contributed by atoms with van der Waals surface area (Å²) in [6, 6.07) is 20.2. The molecule has 1 saturated carbocycles. The Morgan fingerprint density at radius 1 is 0.839 bits per heavy atom. The van der Waals surface area contributed by atoms with Gasteiger partial charge in [0.1, 0.15) is 6.10 Å². The zero-order valence-electron chi connectivity index (χ0n) is 19.6. The van der Waals surface area contributed by atoms with Crippen molar-refractivity contribution in [2.24, 2.45) is 0 Å². The van der Waals surface area contributed by atoms with Crippen LogP contribution in [0.25, 0.3) is 0 Å². The fraction of sp³-hybridized carbons (Fsp3) is 0.538. The Balaban J connectivity index is 1.70. The SMILES string of the molecule is CC(C)(C)[Si](C)(C)OC1C[C@@H](O)[C@@H](OCc2ccccc2)[C@H](OCc2ccccc2)C1. The van der Waals surface area contributed by atoms with Crippen molar-refractivity contribution < 1.29 is 19.0 Å². The van der Waals surface area contributed by atoms with Crippen molar-refractivity contribution >= 4 is 8.32 Å². The zero-order valence-corrected chi connectivity index (χ0v) is 20.6. The van der Waals surface area contributed by atoms with Crippen molar-refractivity contribution in [1.82, 2.24) is 0 Å². The van der Waals surface area contributed by atoms with Gasteiger partial charge in [-0.05, 0) is 29.3 Å². The molecule has 0 aromatic heterocycles. The molecule has 31 heavy (non-hydrogen) atoms. The lowest BCUT2D eigenvalue weighted by Crippen LogP contribution is -2.53. The highest BCUT2D eigenvalue weighted by atomic mass is 28.4. The lowest BCUT2D eigenvalue weighted by atomic mass is 9.89. The number of aliphatic hydroxyl groups is 1. The molecule has 0 spiro atoms. The molecule has 170 valence electrons. The number of aliphatic hydroxyl groups excluding tert-OH is 1. The highest BCUT2D eigenvalue weighted by Gasteiger charge is 2.44. The monoisotopic (exact) mass is 442 g/mol. The summed E-state index contributed by atoms with van der Waals surface area (Å²) in [6.45, 7) is 12.2. The van der Waals surface area contributed by atoms with E-state index >= 15 is 0 Å². The average molecular weight is 443 g/mol. The number of hydrogen-bond acceptors (Lipinski definition) is 4. The van der Waals surface area contributed by atoms with Gasteiger partial charge in [-0.15, -0.1) is 0 Å². The van der Waals surface area contributed by atoms with Crippen LogP contribution in [0.1, 0.15) is 44.7 Å². The number of rotatable bonds is 8. The highest BCUT2D eigenvalue weighted by molar-refractivity contribution is 6.74. The largest absolute Gasteiger partial charge is 0.414 e. The second-order valence-corrected chi connectivity index (χ2v) is 14.9. The number of hydrogen-bond donors (Lipinski definition) is 1. The van der Waals surface area contributed by atoms with E-state index < -0.39 is 14.4 Å². The van der Waals surface area contributed by atoms with Gasteiger partial charge in [-0.1, -0.05) is 81.4 Å². The lowest BCUT2D eigenvalue weighted by Gasteiger charge is -2.44. The molecule has 0 saturated heterocycles. The molecule has 0 heterocycles. The second kappa shape index (κ2) is 10.4. The predicted octanol–water partition coefficient (Wildman–Crippen LogP) is 5.70. The molecule has 1 fully saturated rings. The van der Waals surface area contributed by atoms with Crippen molar-refractivity contribution in [3.8, 4) is 0 Å². The molecule has 0 radical (unpaired) electrons. The fourth-order valence-electron chi connectivity index (χ4n) is 3.76. The molecule has 2 aromatic rings. The maximum Gasteiger partial charge on any atom is 0.192 e. The molecule has 4 nitrogen and oxygen atoms in total. The maximum atomic E-state index is 11.0. The van der Waals surface area contributed by atoms with Crippen LogP contribution in [-0.2, 0) is 27.1 Å². The van der Waals surface area contributed by atoms with Crippen LogP contribution in [0.15, 0.2) is 60.7 Å². The minimum atomic E-state index is -1.94. The quantitative estimate of drug-likeness (QED) is 0.533. The summed E-state index contributed by atoms with van der Waals surface area (Å²) in [4.78, 5) is 0. The Morgan fingerprint density at radius 2 is 1.35 bits per heavy atom. The van der Waals surface area contributed by atoms with Crippen LogP contribution in [0.3, 0.4) is 0 Å². The molecule has 0 amide bonds. The zero-order chi connectivity index (χ0) is 22.5. The van der Waals surface area contributed by atoms with E-state index in [2.05, 4.69) is 46.0 Å².